The Morgan fingerprint density at radius 2 is 0.898 bits per heavy atom. The number of fused-ring (bicyclic) bond motifs is 8. The van der Waals surface area contributed by atoms with Crippen molar-refractivity contribution in [3.63, 3.8) is 0 Å². The maximum atomic E-state index is 2.47. The molecule has 0 bridgehead atoms. The third kappa shape index (κ3) is 3.88. The first kappa shape index (κ1) is 28.4. The molecule has 0 N–H and O–H groups in total. The lowest BCUT2D eigenvalue weighted by atomic mass is 9.63. The lowest BCUT2D eigenvalue weighted by Crippen LogP contribution is -2.29. The predicted molar refractivity (Wildman–Crippen MR) is 209 cm³/mol. The topological polar surface area (TPSA) is 3.24 Å². The van der Waals surface area contributed by atoms with Gasteiger partial charge in [0.2, 0.25) is 0 Å². The van der Waals surface area contributed by atoms with E-state index in [2.05, 4.69) is 184 Å². The molecule has 0 radical (unpaired) electrons. The minimum Gasteiger partial charge on any atom is -0.310 e. The molecule has 0 amide bonds. The second kappa shape index (κ2) is 9.94. The van der Waals surface area contributed by atoms with Crippen LogP contribution in [-0.4, -0.2) is 0 Å². The van der Waals surface area contributed by atoms with Gasteiger partial charge in [-0.1, -0.05) is 149 Å². The van der Waals surface area contributed by atoms with Gasteiger partial charge >= 0.3 is 0 Å². The van der Waals surface area contributed by atoms with Gasteiger partial charge in [-0.15, -0.1) is 0 Å². The highest BCUT2D eigenvalue weighted by Gasteiger charge is 2.44. The maximum Gasteiger partial charge on any atom is 0.0540 e. The van der Waals surface area contributed by atoms with Gasteiger partial charge in [0.25, 0.3) is 0 Å². The quantitative estimate of drug-likeness (QED) is 0.188. The van der Waals surface area contributed by atoms with Gasteiger partial charge in [0.1, 0.15) is 0 Å². The molecule has 0 fully saturated rings. The second-order valence-electron chi connectivity index (χ2n) is 15.0. The molecule has 0 saturated carbocycles. The van der Waals surface area contributed by atoms with Gasteiger partial charge in [-0.25, -0.2) is 0 Å². The maximum absolute atomic E-state index is 2.47. The summed E-state index contributed by atoms with van der Waals surface area (Å²) >= 11 is 0. The summed E-state index contributed by atoms with van der Waals surface area (Å²) in [5.74, 6) is 0. The van der Waals surface area contributed by atoms with E-state index in [0.717, 1.165) is 11.4 Å². The molecule has 2 aliphatic carbocycles. The number of hydrogen-bond acceptors (Lipinski definition) is 1. The van der Waals surface area contributed by atoms with Crippen molar-refractivity contribution in [3.05, 3.63) is 174 Å². The standard InChI is InChI=1S/C48H37N/c1-47(2)41-18-10-9-16-36(41)38-24-25-39-37-26-27-43(40-17-11-19-42(44(37)40)48(3,4)46(39)45(38)47)49(34-22-20-30-12-5-7-14-32(30)28-34)35-23-21-31-13-6-8-15-33(31)29-35/h5-29H,1-4H3. The van der Waals surface area contributed by atoms with Crippen molar-refractivity contribution in [1.29, 1.82) is 0 Å². The summed E-state index contributed by atoms with van der Waals surface area (Å²) in [6.07, 6.45) is 0. The highest BCUT2D eigenvalue weighted by Crippen LogP contribution is 2.59. The SMILES string of the molecule is CC1(C)c2ccccc2-c2ccc3c(c21)C(C)(C)c1cccc2c(N(c4ccc5ccccc5c4)c4ccc5ccccc5c4)ccc-3c12. The minimum absolute atomic E-state index is 0.0805. The Morgan fingerprint density at radius 3 is 1.55 bits per heavy atom. The van der Waals surface area contributed by atoms with Gasteiger partial charge in [-0.05, 0) is 102 Å². The first-order chi connectivity index (χ1) is 23.8. The summed E-state index contributed by atoms with van der Waals surface area (Å²) in [5, 5.41) is 7.60. The van der Waals surface area contributed by atoms with Crippen LogP contribution >= 0.6 is 0 Å². The van der Waals surface area contributed by atoms with Gasteiger partial charge in [0, 0.05) is 27.6 Å². The molecule has 1 heteroatoms. The Kier molecular flexibility index (Phi) is 5.75. The molecule has 234 valence electrons. The summed E-state index contributed by atoms with van der Waals surface area (Å²) < 4.78 is 0. The van der Waals surface area contributed by atoms with Crippen LogP contribution in [0, 0.1) is 0 Å². The third-order valence-corrected chi connectivity index (χ3v) is 11.6. The molecular weight excluding hydrogens is 591 g/mol. The summed E-state index contributed by atoms with van der Waals surface area (Å²) in [7, 11) is 0. The molecule has 0 heterocycles. The number of rotatable bonds is 3. The van der Waals surface area contributed by atoms with E-state index in [1.165, 1.54) is 82.5 Å². The van der Waals surface area contributed by atoms with Crippen molar-refractivity contribution >= 4 is 49.4 Å². The van der Waals surface area contributed by atoms with Crippen LogP contribution in [-0.2, 0) is 10.8 Å². The van der Waals surface area contributed by atoms with Crippen molar-refractivity contribution < 1.29 is 0 Å². The molecule has 8 aromatic rings. The molecule has 8 aromatic carbocycles. The lowest BCUT2D eigenvalue weighted by Gasteiger charge is -2.40. The molecule has 0 aliphatic heterocycles. The fourth-order valence-corrected chi connectivity index (χ4v) is 9.27. The first-order valence-corrected chi connectivity index (χ1v) is 17.4. The van der Waals surface area contributed by atoms with E-state index in [4.69, 9.17) is 0 Å². The van der Waals surface area contributed by atoms with Crippen molar-refractivity contribution in [3.8, 4) is 22.3 Å². The Bertz CT molecular complexity index is 2590. The van der Waals surface area contributed by atoms with Crippen molar-refractivity contribution in [2.75, 3.05) is 4.90 Å². The van der Waals surface area contributed by atoms with E-state index in [-0.39, 0.29) is 10.8 Å². The van der Waals surface area contributed by atoms with Gasteiger partial charge in [0.05, 0.1) is 5.69 Å². The number of anilines is 3. The van der Waals surface area contributed by atoms with Crippen LogP contribution < -0.4 is 4.90 Å². The van der Waals surface area contributed by atoms with Crippen molar-refractivity contribution in [1.82, 2.24) is 0 Å². The Morgan fingerprint density at radius 1 is 0.388 bits per heavy atom. The Hall–Kier alpha value is -5.66. The van der Waals surface area contributed by atoms with Crippen LogP contribution in [0.3, 0.4) is 0 Å². The fourth-order valence-electron chi connectivity index (χ4n) is 9.27. The number of nitrogens with zero attached hydrogens (tertiary/aromatic N) is 1. The zero-order chi connectivity index (χ0) is 33.1. The largest absolute Gasteiger partial charge is 0.310 e. The van der Waals surface area contributed by atoms with Crippen LogP contribution in [0.25, 0.3) is 54.6 Å². The van der Waals surface area contributed by atoms with E-state index < -0.39 is 0 Å². The van der Waals surface area contributed by atoms with Crippen LogP contribution in [0.5, 0.6) is 0 Å². The van der Waals surface area contributed by atoms with Crippen molar-refractivity contribution in [2.24, 2.45) is 0 Å². The molecule has 0 unspecified atom stereocenters. The second-order valence-corrected chi connectivity index (χ2v) is 15.0. The molecule has 0 spiro atoms. The fraction of sp³-hybridized carbons (Fsp3) is 0.125. The molecule has 0 aromatic heterocycles. The molecule has 1 nitrogen and oxygen atoms in total. The van der Waals surface area contributed by atoms with E-state index in [1.807, 2.05) is 0 Å². The Labute approximate surface area is 288 Å². The van der Waals surface area contributed by atoms with Crippen LogP contribution in [0.2, 0.25) is 0 Å². The molecular formula is C48H37N. The Balaban J connectivity index is 1.25. The highest BCUT2D eigenvalue weighted by atomic mass is 15.1. The van der Waals surface area contributed by atoms with E-state index in [0.29, 0.717) is 0 Å². The highest BCUT2D eigenvalue weighted by molar-refractivity contribution is 6.11. The van der Waals surface area contributed by atoms with Crippen LogP contribution in [0.15, 0.2) is 152 Å². The molecule has 49 heavy (non-hydrogen) atoms. The van der Waals surface area contributed by atoms with Gasteiger partial charge in [-0.2, -0.15) is 0 Å². The number of hydrogen-bond donors (Lipinski definition) is 0. The molecule has 2 aliphatic rings. The van der Waals surface area contributed by atoms with Gasteiger partial charge < -0.3 is 4.90 Å². The average Bonchev–Trinajstić information content (AvgIpc) is 3.36. The average molecular weight is 628 g/mol. The summed E-state index contributed by atoms with van der Waals surface area (Å²) in [6, 6.07) is 56.6. The summed E-state index contributed by atoms with van der Waals surface area (Å²) in [4.78, 5) is 2.47. The first-order valence-electron chi connectivity index (χ1n) is 17.4. The minimum atomic E-state index is -0.193. The predicted octanol–water partition coefficient (Wildman–Crippen LogP) is 13.2. The zero-order valence-corrected chi connectivity index (χ0v) is 28.4. The van der Waals surface area contributed by atoms with E-state index in [1.54, 1.807) is 0 Å². The summed E-state index contributed by atoms with van der Waals surface area (Å²) in [6.45, 7) is 9.72. The number of benzene rings is 8. The molecule has 10 rings (SSSR count). The van der Waals surface area contributed by atoms with Gasteiger partial charge in [0.15, 0.2) is 0 Å². The smallest absolute Gasteiger partial charge is 0.0540 e. The summed E-state index contributed by atoms with van der Waals surface area (Å²) in [5.41, 5.74) is 14.5. The van der Waals surface area contributed by atoms with Crippen LogP contribution in [0.4, 0.5) is 17.1 Å². The van der Waals surface area contributed by atoms with Gasteiger partial charge in [-0.3, -0.25) is 0 Å². The van der Waals surface area contributed by atoms with Crippen molar-refractivity contribution in [2.45, 2.75) is 38.5 Å². The van der Waals surface area contributed by atoms with E-state index >= 15 is 0 Å². The zero-order valence-electron chi connectivity index (χ0n) is 28.4. The molecule has 0 atom stereocenters. The van der Waals surface area contributed by atoms with Crippen LogP contribution in [0.1, 0.15) is 49.9 Å². The lowest BCUT2D eigenvalue weighted by molar-refractivity contribution is 0.591. The molecule has 0 saturated heterocycles. The monoisotopic (exact) mass is 627 g/mol. The normalized spacial score (nSPS) is 14.9. The van der Waals surface area contributed by atoms with E-state index in [9.17, 15) is 0 Å². The third-order valence-electron chi connectivity index (χ3n) is 11.6.